The zero-order chi connectivity index (χ0) is 17.9. The van der Waals surface area contributed by atoms with E-state index in [1.54, 1.807) is 29.6 Å². The lowest BCUT2D eigenvalue weighted by molar-refractivity contribution is -0.123. The van der Waals surface area contributed by atoms with Gasteiger partial charge in [-0.2, -0.15) is 13.2 Å². The van der Waals surface area contributed by atoms with Crippen LogP contribution in [0.3, 0.4) is 0 Å². The summed E-state index contributed by atoms with van der Waals surface area (Å²) in [5, 5.41) is 15.1. The van der Waals surface area contributed by atoms with Crippen LogP contribution in [0.2, 0.25) is 0 Å². The highest BCUT2D eigenvalue weighted by Gasteiger charge is 2.31. The molecule has 0 radical (unpaired) electrons. The normalized spacial score (nSPS) is 12.8. The maximum Gasteiger partial charge on any atom is 0.405 e. The number of benzene rings is 1. The number of amides is 1. The zero-order valence-corrected chi connectivity index (χ0v) is 12.8. The predicted octanol–water partition coefficient (Wildman–Crippen LogP) is 2.70. The average Bonchev–Trinajstić information content (AvgIpc) is 2.97. The van der Waals surface area contributed by atoms with Crippen LogP contribution >= 0.6 is 0 Å². The number of halogens is 3. The van der Waals surface area contributed by atoms with Gasteiger partial charge in [0.25, 0.3) is 5.91 Å². The number of aliphatic hydroxyl groups is 1. The first-order valence-corrected chi connectivity index (χ1v) is 6.90. The molecule has 0 saturated carbocycles. The molecule has 130 valence electrons. The van der Waals surface area contributed by atoms with Crippen molar-refractivity contribution in [1.82, 2.24) is 10.5 Å². The van der Waals surface area contributed by atoms with Crippen molar-refractivity contribution in [1.29, 1.82) is 0 Å². The standard InChI is InChI=1S/C15H15F3N2O4/c1-8(21)13-11(14(22)19-7-15(16,17)18)12(20-24-13)9-3-5-10(23-2)6-4-9/h3-6,8,21H,7H2,1-2H3,(H,19,22)/t8-/m0/s1. The van der Waals surface area contributed by atoms with Gasteiger partial charge in [-0.05, 0) is 31.2 Å². The smallest absolute Gasteiger partial charge is 0.405 e. The third-order valence-corrected chi connectivity index (χ3v) is 3.14. The minimum Gasteiger partial charge on any atom is -0.497 e. The highest BCUT2D eigenvalue weighted by atomic mass is 19.4. The van der Waals surface area contributed by atoms with Gasteiger partial charge in [0.05, 0.1) is 7.11 Å². The molecule has 1 amide bonds. The number of alkyl halides is 3. The molecule has 1 atom stereocenters. The molecule has 0 aliphatic rings. The van der Waals surface area contributed by atoms with E-state index >= 15 is 0 Å². The maximum atomic E-state index is 12.3. The highest BCUT2D eigenvalue weighted by molar-refractivity contribution is 6.01. The number of ether oxygens (including phenoxy) is 1. The van der Waals surface area contributed by atoms with Crippen molar-refractivity contribution < 1.29 is 32.3 Å². The van der Waals surface area contributed by atoms with Crippen LogP contribution in [-0.4, -0.2) is 36.0 Å². The van der Waals surface area contributed by atoms with Gasteiger partial charge >= 0.3 is 6.18 Å². The lowest BCUT2D eigenvalue weighted by Gasteiger charge is -2.10. The van der Waals surface area contributed by atoms with Gasteiger partial charge in [0.2, 0.25) is 0 Å². The number of nitrogens with one attached hydrogen (secondary N) is 1. The Kier molecular flexibility index (Phi) is 5.13. The number of carbonyl (C=O) groups is 1. The summed E-state index contributed by atoms with van der Waals surface area (Å²) >= 11 is 0. The third-order valence-electron chi connectivity index (χ3n) is 3.14. The zero-order valence-electron chi connectivity index (χ0n) is 12.8. The number of aliphatic hydroxyl groups excluding tert-OH is 1. The van der Waals surface area contributed by atoms with Crippen LogP contribution in [0.1, 0.15) is 29.1 Å². The molecule has 2 rings (SSSR count). The van der Waals surface area contributed by atoms with Crippen molar-refractivity contribution in [3.8, 4) is 17.0 Å². The number of hydrogen-bond acceptors (Lipinski definition) is 5. The molecule has 24 heavy (non-hydrogen) atoms. The Morgan fingerprint density at radius 2 is 2.00 bits per heavy atom. The first-order valence-electron chi connectivity index (χ1n) is 6.90. The molecule has 2 aromatic rings. The number of nitrogens with zero attached hydrogens (tertiary/aromatic N) is 1. The summed E-state index contributed by atoms with van der Waals surface area (Å²) in [5.41, 5.74) is 0.233. The van der Waals surface area contributed by atoms with E-state index in [1.807, 2.05) is 0 Å². The van der Waals surface area contributed by atoms with Crippen molar-refractivity contribution in [2.75, 3.05) is 13.7 Å². The Hall–Kier alpha value is -2.55. The summed E-state index contributed by atoms with van der Waals surface area (Å²) in [6, 6.07) is 6.35. The predicted molar refractivity (Wildman–Crippen MR) is 77.5 cm³/mol. The molecule has 0 aliphatic carbocycles. The monoisotopic (exact) mass is 344 g/mol. The Balaban J connectivity index is 2.39. The molecule has 1 heterocycles. The van der Waals surface area contributed by atoms with Gasteiger partial charge in [-0.15, -0.1) is 0 Å². The second kappa shape index (κ2) is 6.91. The van der Waals surface area contributed by atoms with E-state index in [0.29, 0.717) is 11.3 Å². The van der Waals surface area contributed by atoms with Crippen LogP contribution in [0.5, 0.6) is 5.75 Å². The molecule has 6 nitrogen and oxygen atoms in total. The number of aromatic nitrogens is 1. The van der Waals surface area contributed by atoms with Crippen molar-refractivity contribution in [2.45, 2.75) is 19.2 Å². The van der Waals surface area contributed by atoms with Crippen molar-refractivity contribution >= 4 is 5.91 Å². The van der Waals surface area contributed by atoms with E-state index in [1.165, 1.54) is 14.0 Å². The van der Waals surface area contributed by atoms with E-state index < -0.39 is 24.7 Å². The van der Waals surface area contributed by atoms with Crippen molar-refractivity contribution in [3.63, 3.8) is 0 Å². The Morgan fingerprint density at radius 3 is 2.50 bits per heavy atom. The van der Waals surface area contributed by atoms with Gasteiger partial charge in [0, 0.05) is 5.56 Å². The summed E-state index contributed by atoms with van der Waals surface area (Å²) in [6.07, 6.45) is -5.77. The molecule has 9 heteroatoms. The SMILES string of the molecule is COc1ccc(-c2noc([C@H](C)O)c2C(=O)NCC(F)(F)F)cc1. The van der Waals surface area contributed by atoms with Crippen LogP contribution in [0.25, 0.3) is 11.3 Å². The lowest BCUT2D eigenvalue weighted by atomic mass is 10.0. The van der Waals surface area contributed by atoms with Crippen molar-refractivity contribution in [3.05, 3.63) is 35.6 Å². The van der Waals surface area contributed by atoms with Crippen LogP contribution in [0, 0.1) is 0 Å². The summed E-state index contributed by atoms with van der Waals surface area (Å²) in [5.74, 6) is -0.683. The number of methoxy groups -OCH3 is 1. The number of carbonyl (C=O) groups excluding carboxylic acids is 1. The largest absolute Gasteiger partial charge is 0.497 e. The molecular weight excluding hydrogens is 329 g/mol. The first kappa shape index (κ1) is 17.8. The summed E-state index contributed by atoms with van der Waals surface area (Å²) in [7, 11) is 1.48. The van der Waals surface area contributed by atoms with Crippen LogP contribution < -0.4 is 10.1 Å². The molecule has 0 bridgehead atoms. The molecular formula is C15H15F3N2O4. The highest BCUT2D eigenvalue weighted by Crippen LogP contribution is 2.30. The van der Waals surface area contributed by atoms with Gasteiger partial charge in [0.15, 0.2) is 5.76 Å². The molecule has 1 aromatic heterocycles. The van der Waals surface area contributed by atoms with E-state index in [-0.39, 0.29) is 17.0 Å². The Labute approximate surface area is 135 Å². The minimum atomic E-state index is -4.56. The molecule has 1 aromatic carbocycles. The molecule has 0 fully saturated rings. The summed E-state index contributed by atoms with van der Waals surface area (Å²) < 4.78 is 46.9. The maximum absolute atomic E-state index is 12.3. The first-order chi connectivity index (χ1) is 11.2. The topological polar surface area (TPSA) is 84.6 Å². The fourth-order valence-corrected chi connectivity index (χ4v) is 2.02. The molecule has 2 N–H and O–H groups in total. The van der Waals surface area contributed by atoms with Crippen molar-refractivity contribution in [2.24, 2.45) is 0 Å². The van der Waals surface area contributed by atoms with E-state index in [0.717, 1.165) is 0 Å². The quantitative estimate of drug-likeness (QED) is 0.871. The lowest BCUT2D eigenvalue weighted by Crippen LogP contribution is -2.34. The van der Waals surface area contributed by atoms with E-state index in [2.05, 4.69) is 5.16 Å². The molecule has 0 spiro atoms. The Morgan fingerprint density at radius 1 is 1.38 bits per heavy atom. The fourth-order valence-electron chi connectivity index (χ4n) is 2.02. The number of hydrogen-bond donors (Lipinski definition) is 2. The molecule has 0 aliphatic heterocycles. The fraction of sp³-hybridized carbons (Fsp3) is 0.333. The van der Waals surface area contributed by atoms with Gasteiger partial charge in [-0.25, -0.2) is 0 Å². The van der Waals surface area contributed by atoms with E-state index in [4.69, 9.17) is 9.26 Å². The van der Waals surface area contributed by atoms with Crippen LogP contribution in [0.4, 0.5) is 13.2 Å². The van der Waals surface area contributed by atoms with Gasteiger partial charge < -0.3 is 19.7 Å². The van der Waals surface area contributed by atoms with Crippen LogP contribution in [0.15, 0.2) is 28.8 Å². The van der Waals surface area contributed by atoms with E-state index in [9.17, 15) is 23.1 Å². The number of rotatable bonds is 5. The van der Waals surface area contributed by atoms with Gasteiger partial charge in [0.1, 0.15) is 29.7 Å². The average molecular weight is 344 g/mol. The third kappa shape index (κ3) is 4.05. The molecule has 0 saturated heterocycles. The van der Waals surface area contributed by atoms with Gasteiger partial charge in [-0.1, -0.05) is 5.16 Å². The summed E-state index contributed by atoms with van der Waals surface area (Å²) in [4.78, 5) is 12.1. The Bertz CT molecular complexity index is 708. The molecule has 0 unspecified atom stereocenters. The summed E-state index contributed by atoms with van der Waals surface area (Å²) in [6.45, 7) is -0.183. The van der Waals surface area contributed by atoms with Crippen LogP contribution in [-0.2, 0) is 0 Å². The second-order valence-electron chi connectivity index (χ2n) is 4.97. The second-order valence-corrected chi connectivity index (χ2v) is 4.97. The van der Waals surface area contributed by atoms with Gasteiger partial charge in [-0.3, -0.25) is 4.79 Å². The minimum absolute atomic E-state index is 0.0354.